The van der Waals surface area contributed by atoms with Crippen molar-refractivity contribution in [3.05, 3.63) is 0 Å². The Bertz CT molecular complexity index is 305. The maximum atomic E-state index is 12.3. The number of hydrogen-bond donors (Lipinski definition) is 1. The molecule has 18 heavy (non-hydrogen) atoms. The molecular weight excluding hydrogens is 230 g/mol. The molecule has 0 atom stereocenters. The number of carbonyl (C=O) groups is 2. The first-order chi connectivity index (χ1) is 8.66. The zero-order chi connectivity index (χ0) is 13.0. The number of hydrogen-bond acceptors (Lipinski definition) is 3. The third-order valence-corrected chi connectivity index (χ3v) is 3.98. The van der Waals surface area contributed by atoms with Crippen LogP contribution >= 0.6 is 0 Å². The summed E-state index contributed by atoms with van der Waals surface area (Å²) >= 11 is 0. The Hall–Kier alpha value is -1.10. The Kier molecular flexibility index (Phi) is 4.58. The third-order valence-electron chi connectivity index (χ3n) is 3.98. The summed E-state index contributed by atoms with van der Waals surface area (Å²) in [5, 5.41) is 0. The Morgan fingerprint density at radius 3 is 2.17 bits per heavy atom. The average molecular weight is 253 g/mol. The van der Waals surface area contributed by atoms with Gasteiger partial charge in [0, 0.05) is 19.0 Å². The van der Waals surface area contributed by atoms with Gasteiger partial charge in [-0.1, -0.05) is 0 Å². The highest BCUT2D eigenvalue weighted by atomic mass is 16.2. The summed E-state index contributed by atoms with van der Waals surface area (Å²) in [5.41, 5.74) is 5.18. The molecule has 2 aliphatic heterocycles. The van der Waals surface area contributed by atoms with Crippen LogP contribution in [0, 0.1) is 5.92 Å². The molecule has 2 N–H and O–H groups in total. The highest BCUT2D eigenvalue weighted by Gasteiger charge is 2.29. The van der Waals surface area contributed by atoms with E-state index in [1.807, 2.05) is 9.80 Å². The molecule has 0 aromatic carbocycles. The van der Waals surface area contributed by atoms with Crippen molar-refractivity contribution in [2.24, 2.45) is 11.7 Å². The van der Waals surface area contributed by atoms with Gasteiger partial charge < -0.3 is 10.6 Å². The van der Waals surface area contributed by atoms with E-state index in [4.69, 9.17) is 5.73 Å². The average Bonchev–Trinajstić information content (AvgIpc) is 2.39. The van der Waals surface area contributed by atoms with Crippen LogP contribution in [0.1, 0.15) is 32.1 Å². The molecule has 0 saturated carbocycles. The number of likely N-dealkylation sites (tertiary alicyclic amines) is 2. The molecule has 5 heteroatoms. The first-order valence-electron chi connectivity index (χ1n) is 6.96. The molecule has 2 heterocycles. The van der Waals surface area contributed by atoms with Gasteiger partial charge in [-0.2, -0.15) is 0 Å². The Morgan fingerprint density at radius 2 is 1.61 bits per heavy atom. The van der Waals surface area contributed by atoms with Crippen molar-refractivity contribution in [1.29, 1.82) is 0 Å². The van der Waals surface area contributed by atoms with Crippen LogP contribution in [0.25, 0.3) is 0 Å². The molecule has 0 aliphatic carbocycles. The van der Waals surface area contributed by atoms with Crippen molar-refractivity contribution in [2.75, 3.05) is 32.7 Å². The van der Waals surface area contributed by atoms with E-state index in [1.54, 1.807) is 0 Å². The van der Waals surface area contributed by atoms with Crippen LogP contribution in [0.3, 0.4) is 0 Å². The lowest BCUT2D eigenvalue weighted by atomic mass is 9.94. The van der Waals surface area contributed by atoms with Crippen LogP contribution in [-0.2, 0) is 9.59 Å². The number of nitrogens with two attached hydrogens (primary N) is 1. The number of nitrogens with zero attached hydrogens (tertiary/aromatic N) is 2. The zero-order valence-corrected chi connectivity index (χ0v) is 10.9. The molecule has 2 aliphatic rings. The predicted molar refractivity (Wildman–Crippen MR) is 68.8 cm³/mol. The van der Waals surface area contributed by atoms with Gasteiger partial charge in [-0.3, -0.25) is 14.5 Å². The van der Waals surface area contributed by atoms with Gasteiger partial charge in [-0.25, -0.2) is 0 Å². The number of piperidine rings is 2. The van der Waals surface area contributed by atoms with Gasteiger partial charge >= 0.3 is 0 Å². The molecule has 2 saturated heterocycles. The van der Waals surface area contributed by atoms with E-state index >= 15 is 0 Å². The molecule has 0 radical (unpaired) electrons. The minimum atomic E-state index is -0.282. The molecule has 5 nitrogen and oxygen atoms in total. The molecule has 0 unspecified atom stereocenters. The van der Waals surface area contributed by atoms with Gasteiger partial charge in [0.1, 0.15) is 0 Å². The molecular formula is C13H23N3O2. The second-order valence-electron chi connectivity index (χ2n) is 5.40. The normalized spacial score (nSPS) is 23.0. The van der Waals surface area contributed by atoms with E-state index in [2.05, 4.69) is 0 Å². The summed E-state index contributed by atoms with van der Waals surface area (Å²) in [4.78, 5) is 27.2. The molecule has 2 fully saturated rings. The van der Waals surface area contributed by atoms with Gasteiger partial charge in [-0.15, -0.1) is 0 Å². The fraction of sp³-hybridized carbons (Fsp3) is 0.846. The molecule has 2 amide bonds. The SMILES string of the molecule is NC(=O)CN1CCC(C(=O)N2CCCCC2)CC1. The van der Waals surface area contributed by atoms with Crippen LogP contribution in [0.2, 0.25) is 0 Å². The summed E-state index contributed by atoms with van der Waals surface area (Å²) in [6.07, 6.45) is 5.27. The van der Waals surface area contributed by atoms with Crippen molar-refractivity contribution in [3.63, 3.8) is 0 Å². The summed E-state index contributed by atoms with van der Waals surface area (Å²) in [6, 6.07) is 0. The van der Waals surface area contributed by atoms with E-state index in [0.717, 1.165) is 51.9 Å². The lowest BCUT2D eigenvalue weighted by molar-refractivity contribution is -0.138. The Labute approximate surface area is 108 Å². The molecule has 0 spiro atoms. The van der Waals surface area contributed by atoms with Crippen molar-refractivity contribution < 1.29 is 9.59 Å². The molecule has 2 rings (SSSR count). The predicted octanol–water partition coefficient (Wildman–Crippen LogP) is 0.196. The lowest BCUT2D eigenvalue weighted by Gasteiger charge is -2.35. The van der Waals surface area contributed by atoms with Gasteiger partial charge in [0.15, 0.2) is 0 Å². The van der Waals surface area contributed by atoms with Gasteiger partial charge in [-0.05, 0) is 45.2 Å². The second-order valence-corrected chi connectivity index (χ2v) is 5.40. The highest BCUT2D eigenvalue weighted by Crippen LogP contribution is 2.21. The monoisotopic (exact) mass is 253 g/mol. The van der Waals surface area contributed by atoms with Gasteiger partial charge in [0.2, 0.25) is 11.8 Å². The maximum Gasteiger partial charge on any atom is 0.231 e. The van der Waals surface area contributed by atoms with E-state index in [-0.39, 0.29) is 11.8 Å². The van der Waals surface area contributed by atoms with E-state index in [9.17, 15) is 9.59 Å². The Balaban J connectivity index is 1.78. The summed E-state index contributed by atoms with van der Waals surface area (Å²) in [5.74, 6) is 0.205. The standard InChI is InChI=1S/C13H23N3O2/c14-12(17)10-15-8-4-11(5-9-15)13(18)16-6-2-1-3-7-16/h11H,1-10H2,(H2,14,17). The van der Waals surface area contributed by atoms with E-state index < -0.39 is 0 Å². The van der Waals surface area contributed by atoms with Gasteiger partial charge in [0.05, 0.1) is 6.54 Å². The highest BCUT2D eigenvalue weighted by molar-refractivity contribution is 5.79. The van der Waals surface area contributed by atoms with Crippen LogP contribution in [-0.4, -0.2) is 54.3 Å². The number of rotatable bonds is 3. The van der Waals surface area contributed by atoms with E-state index in [1.165, 1.54) is 6.42 Å². The molecule has 102 valence electrons. The lowest BCUT2D eigenvalue weighted by Crippen LogP contribution is -2.45. The summed E-state index contributed by atoms with van der Waals surface area (Å²) in [7, 11) is 0. The second kappa shape index (κ2) is 6.18. The topological polar surface area (TPSA) is 66.6 Å². The first-order valence-corrected chi connectivity index (χ1v) is 6.96. The van der Waals surface area contributed by atoms with Gasteiger partial charge in [0.25, 0.3) is 0 Å². The van der Waals surface area contributed by atoms with Crippen LogP contribution in [0.15, 0.2) is 0 Å². The number of primary amides is 1. The molecule has 0 aromatic rings. The quantitative estimate of drug-likeness (QED) is 0.781. The maximum absolute atomic E-state index is 12.3. The fourth-order valence-corrected chi connectivity index (χ4v) is 2.93. The smallest absolute Gasteiger partial charge is 0.231 e. The first kappa shape index (κ1) is 13.3. The van der Waals surface area contributed by atoms with Crippen molar-refractivity contribution in [3.8, 4) is 0 Å². The number of amides is 2. The van der Waals surface area contributed by atoms with Crippen LogP contribution < -0.4 is 5.73 Å². The third kappa shape index (κ3) is 3.45. The van der Waals surface area contributed by atoms with Crippen LogP contribution in [0.5, 0.6) is 0 Å². The van der Waals surface area contributed by atoms with Crippen molar-refractivity contribution in [1.82, 2.24) is 9.80 Å². The largest absolute Gasteiger partial charge is 0.369 e. The Morgan fingerprint density at radius 1 is 1.00 bits per heavy atom. The zero-order valence-electron chi connectivity index (χ0n) is 10.9. The minimum absolute atomic E-state index is 0.159. The van der Waals surface area contributed by atoms with E-state index in [0.29, 0.717) is 12.5 Å². The summed E-state index contributed by atoms with van der Waals surface area (Å²) in [6.45, 7) is 3.81. The van der Waals surface area contributed by atoms with Crippen LogP contribution in [0.4, 0.5) is 0 Å². The van der Waals surface area contributed by atoms with Crippen molar-refractivity contribution in [2.45, 2.75) is 32.1 Å². The number of carbonyl (C=O) groups excluding carboxylic acids is 2. The fourth-order valence-electron chi connectivity index (χ4n) is 2.93. The summed E-state index contributed by atoms with van der Waals surface area (Å²) < 4.78 is 0. The molecule has 0 bridgehead atoms. The minimum Gasteiger partial charge on any atom is -0.369 e. The molecule has 0 aromatic heterocycles. The van der Waals surface area contributed by atoms with Crippen molar-refractivity contribution >= 4 is 11.8 Å².